The average molecular weight is 209 g/mol. The molecule has 0 fully saturated rings. The summed E-state index contributed by atoms with van der Waals surface area (Å²) in [6.07, 6.45) is 0.891. The van der Waals surface area contributed by atoms with Gasteiger partial charge in [-0.15, -0.1) is 0 Å². The standard InChI is InChI=1S/C12H19NO2/c1-3-12(2,13)9-15-8-10-4-6-11(14)7-5-10/h4-7,14H,3,8-9,13H2,1-2H3. The summed E-state index contributed by atoms with van der Waals surface area (Å²) in [6.45, 7) is 5.10. The van der Waals surface area contributed by atoms with Crippen molar-refractivity contribution in [3.63, 3.8) is 0 Å². The van der Waals surface area contributed by atoms with E-state index in [9.17, 15) is 0 Å². The molecule has 1 rings (SSSR count). The minimum Gasteiger partial charge on any atom is -0.508 e. The van der Waals surface area contributed by atoms with Crippen LogP contribution in [-0.2, 0) is 11.3 Å². The first-order chi connectivity index (χ1) is 7.03. The van der Waals surface area contributed by atoms with Gasteiger partial charge in [0.15, 0.2) is 0 Å². The number of nitrogens with two attached hydrogens (primary N) is 1. The fourth-order valence-corrected chi connectivity index (χ4v) is 1.10. The van der Waals surface area contributed by atoms with Crippen molar-refractivity contribution in [2.24, 2.45) is 5.73 Å². The van der Waals surface area contributed by atoms with Crippen molar-refractivity contribution in [1.82, 2.24) is 0 Å². The van der Waals surface area contributed by atoms with Crippen LogP contribution in [0, 0.1) is 0 Å². The van der Waals surface area contributed by atoms with E-state index in [1.54, 1.807) is 12.1 Å². The van der Waals surface area contributed by atoms with E-state index in [1.807, 2.05) is 26.0 Å². The third-order valence-corrected chi connectivity index (χ3v) is 2.44. The smallest absolute Gasteiger partial charge is 0.115 e. The first kappa shape index (κ1) is 12.0. The van der Waals surface area contributed by atoms with E-state index in [4.69, 9.17) is 15.6 Å². The quantitative estimate of drug-likeness (QED) is 0.780. The van der Waals surface area contributed by atoms with Gasteiger partial charge in [0.1, 0.15) is 5.75 Å². The van der Waals surface area contributed by atoms with Gasteiger partial charge in [-0.05, 0) is 31.0 Å². The summed E-state index contributed by atoms with van der Waals surface area (Å²) in [6, 6.07) is 6.99. The number of aromatic hydroxyl groups is 1. The molecule has 15 heavy (non-hydrogen) atoms. The van der Waals surface area contributed by atoms with Crippen molar-refractivity contribution < 1.29 is 9.84 Å². The molecule has 3 N–H and O–H groups in total. The Bertz CT molecular complexity index is 293. The summed E-state index contributed by atoms with van der Waals surface area (Å²) >= 11 is 0. The Morgan fingerprint density at radius 1 is 1.33 bits per heavy atom. The molecule has 3 heteroatoms. The summed E-state index contributed by atoms with van der Waals surface area (Å²) < 4.78 is 5.51. The number of ether oxygens (including phenoxy) is 1. The van der Waals surface area contributed by atoms with Crippen molar-refractivity contribution in [3.8, 4) is 5.75 Å². The van der Waals surface area contributed by atoms with Crippen molar-refractivity contribution in [1.29, 1.82) is 0 Å². The maximum atomic E-state index is 9.09. The Balaban J connectivity index is 2.35. The van der Waals surface area contributed by atoms with Gasteiger partial charge in [-0.2, -0.15) is 0 Å². The normalized spacial score (nSPS) is 14.9. The molecule has 1 atom stereocenters. The van der Waals surface area contributed by atoms with Crippen LogP contribution < -0.4 is 5.73 Å². The zero-order valence-corrected chi connectivity index (χ0v) is 9.36. The number of rotatable bonds is 5. The molecule has 0 spiro atoms. The summed E-state index contributed by atoms with van der Waals surface area (Å²) in [7, 11) is 0. The van der Waals surface area contributed by atoms with Crippen molar-refractivity contribution >= 4 is 0 Å². The number of phenolic OH excluding ortho intramolecular Hbond substituents is 1. The third-order valence-electron chi connectivity index (χ3n) is 2.44. The van der Waals surface area contributed by atoms with Gasteiger partial charge in [-0.3, -0.25) is 0 Å². The predicted molar refractivity (Wildman–Crippen MR) is 60.6 cm³/mol. The molecule has 1 aromatic carbocycles. The molecule has 0 aliphatic rings. The van der Waals surface area contributed by atoms with Crippen LogP contribution in [0.4, 0.5) is 0 Å². The fourth-order valence-electron chi connectivity index (χ4n) is 1.10. The second-order valence-electron chi connectivity index (χ2n) is 4.17. The first-order valence-electron chi connectivity index (χ1n) is 5.18. The Morgan fingerprint density at radius 3 is 2.47 bits per heavy atom. The lowest BCUT2D eigenvalue weighted by Crippen LogP contribution is -2.40. The maximum absolute atomic E-state index is 9.09. The molecule has 0 radical (unpaired) electrons. The molecule has 0 aliphatic heterocycles. The molecule has 0 aromatic heterocycles. The molecular formula is C12H19NO2. The van der Waals surface area contributed by atoms with E-state index in [-0.39, 0.29) is 11.3 Å². The monoisotopic (exact) mass is 209 g/mol. The number of phenols is 1. The van der Waals surface area contributed by atoms with E-state index in [0.29, 0.717) is 13.2 Å². The molecular weight excluding hydrogens is 190 g/mol. The minimum absolute atomic E-state index is 0.253. The van der Waals surface area contributed by atoms with E-state index in [0.717, 1.165) is 12.0 Å². The van der Waals surface area contributed by atoms with Crippen LogP contribution in [0.5, 0.6) is 5.75 Å². The van der Waals surface area contributed by atoms with Gasteiger partial charge in [-0.1, -0.05) is 19.1 Å². The van der Waals surface area contributed by atoms with Gasteiger partial charge in [-0.25, -0.2) is 0 Å². The van der Waals surface area contributed by atoms with Crippen molar-refractivity contribution in [2.45, 2.75) is 32.4 Å². The topological polar surface area (TPSA) is 55.5 Å². The summed E-state index contributed by atoms with van der Waals surface area (Å²) in [5, 5.41) is 9.09. The molecule has 0 saturated heterocycles. The van der Waals surface area contributed by atoms with Gasteiger partial charge < -0.3 is 15.6 Å². The highest BCUT2D eigenvalue weighted by atomic mass is 16.5. The Labute approximate surface area is 90.9 Å². The molecule has 0 saturated carbocycles. The molecule has 1 aromatic rings. The highest BCUT2D eigenvalue weighted by Crippen LogP contribution is 2.12. The van der Waals surface area contributed by atoms with Crippen molar-refractivity contribution in [3.05, 3.63) is 29.8 Å². The van der Waals surface area contributed by atoms with Crippen LogP contribution >= 0.6 is 0 Å². The lowest BCUT2D eigenvalue weighted by atomic mass is 10.0. The highest BCUT2D eigenvalue weighted by molar-refractivity contribution is 5.25. The van der Waals surface area contributed by atoms with E-state index >= 15 is 0 Å². The lowest BCUT2D eigenvalue weighted by Gasteiger charge is -2.22. The van der Waals surface area contributed by atoms with Crippen LogP contribution in [0.15, 0.2) is 24.3 Å². The SMILES string of the molecule is CCC(C)(N)COCc1ccc(O)cc1. The van der Waals surface area contributed by atoms with Crippen LogP contribution in [0.2, 0.25) is 0 Å². The third kappa shape index (κ3) is 4.32. The molecule has 0 heterocycles. The Morgan fingerprint density at radius 2 is 1.93 bits per heavy atom. The zero-order valence-electron chi connectivity index (χ0n) is 9.36. The van der Waals surface area contributed by atoms with Crippen LogP contribution in [0.25, 0.3) is 0 Å². The second-order valence-corrected chi connectivity index (χ2v) is 4.17. The lowest BCUT2D eigenvalue weighted by molar-refractivity contribution is 0.0777. The molecule has 0 amide bonds. The van der Waals surface area contributed by atoms with Gasteiger partial charge in [0.25, 0.3) is 0 Å². The Hall–Kier alpha value is -1.06. The van der Waals surface area contributed by atoms with Gasteiger partial charge in [0.2, 0.25) is 0 Å². The van der Waals surface area contributed by atoms with Gasteiger partial charge in [0, 0.05) is 5.54 Å². The molecule has 0 aliphatic carbocycles. The summed E-state index contributed by atoms with van der Waals surface area (Å²) in [5.41, 5.74) is 6.73. The first-order valence-corrected chi connectivity index (χ1v) is 5.18. The van der Waals surface area contributed by atoms with Gasteiger partial charge >= 0.3 is 0 Å². The average Bonchev–Trinajstić information content (AvgIpc) is 2.21. The molecule has 0 bridgehead atoms. The van der Waals surface area contributed by atoms with E-state index in [1.165, 1.54) is 0 Å². The highest BCUT2D eigenvalue weighted by Gasteiger charge is 2.15. The predicted octanol–water partition coefficient (Wildman–Crippen LogP) is 2.04. The van der Waals surface area contributed by atoms with Gasteiger partial charge in [0.05, 0.1) is 13.2 Å². The number of hydrogen-bond acceptors (Lipinski definition) is 3. The van der Waals surface area contributed by atoms with Crippen LogP contribution in [-0.4, -0.2) is 17.3 Å². The molecule has 3 nitrogen and oxygen atoms in total. The van der Waals surface area contributed by atoms with Crippen LogP contribution in [0.3, 0.4) is 0 Å². The molecule has 84 valence electrons. The van der Waals surface area contributed by atoms with E-state index < -0.39 is 0 Å². The fraction of sp³-hybridized carbons (Fsp3) is 0.500. The largest absolute Gasteiger partial charge is 0.508 e. The summed E-state index contributed by atoms with van der Waals surface area (Å²) in [4.78, 5) is 0. The zero-order chi connectivity index (χ0) is 11.3. The minimum atomic E-state index is -0.253. The van der Waals surface area contributed by atoms with E-state index in [2.05, 4.69) is 0 Å². The van der Waals surface area contributed by atoms with Crippen LogP contribution in [0.1, 0.15) is 25.8 Å². The maximum Gasteiger partial charge on any atom is 0.115 e. The molecule has 1 unspecified atom stereocenters. The summed E-state index contributed by atoms with van der Waals surface area (Å²) in [5.74, 6) is 0.274. The number of benzene rings is 1. The van der Waals surface area contributed by atoms with Crippen molar-refractivity contribution in [2.75, 3.05) is 6.61 Å². The number of hydrogen-bond donors (Lipinski definition) is 2. The Kier molecular flexibility index (Phi) is 4.12. The second kappa shape index (κ2) is 5.14.